The van der Waals surface area contributed by atoms with Gasteiger partial charge in [-0.05, 0) is 42.5 Å². The summed E-state index contributed by atoms with van der Waals surface area (Å²) in [5, 5.41) is 3.49. The number of hydrogen-bond donors (Lipinski definition) is 2. The maximum absolute atomic E-state index is 15.0. The van der Waals surface area contributed by atoms with E-state index in [-0.39, 0.29) is 22.8 Å². The average Bonchev–Trinajstić information content (AvgIpc) is 3.41. The molecule has 0 radical (unpaired) electrons. The lowest BCUT2D eigenvalue weighted by Crippen LogP contribution is -2.35. The quantitative estimate of drug-likeness (QED) is 0.398. The van der Waals surface area contributed by atoms with Gasteiger partial charge in [0.2, 0.25) is 5.13 Å². The summed E-state index contributed by atoms with van der Waals surface area (Å²) in [6.07, 6.45) is 4.02. The molecule has 2 aromatic heterocycles. The van der Waals surface area contributed by atoms with E-state index >= 15 is 0 Å². The summed E-state index contributed by atoms with van der Waals surface area (Å²) in [4.78, 5) is 15.8. The van der Waals surface area contributed by atoms with E-state index in [0.29, 0.717) is 6.04 Å². The van der Waals surface area contributed by atoms with Crippen LogP contribution in [0.3, 0.4) is 0 Å². The number of likely N-dealkylation sites (N-methyl/N-ethyl adjacent to an activating group) is 1. The first-order valence-corrected chi connectivity index (χ1v) is 13.1. The molecule has 2 heterocycles. The molecule has 178 valence electrons. The second-order valence-electron chi connectivity index (χ2n) is 8.11. The first-order chi connectivity index (χ1) is 16.4. The van der Waals surface area contributed by atoms with Crippen LogP contribution in [0.25, 0.3) is 11.1 Å². The van der Waals surface area contributed by atoms with Gasteiger partial charge in [-0.15, -0.1) is 0 Å². The van der Waals surface area contributed by atoms with Gasteiger partial charge in [-0.2, -0.15) is 4.37 Å². The zero-order chi connectivity index (χ0) is 23.9. The topological polar surface area (TPSA) is 119 Å². The fourth-order valence-corrected chi connectivity index (χ4v) is 6.19. The van der Waals surface area contributed by atoms with Gasteiger partial charge in [-0.25, -0.2) is 22.6 Å². The standard InChI is InChI=1S/C22H22FN5O4S2/c1-2-24-15-7-6-13-4-3-5-14(16(13)8-15)11-28-18-9-17(23)20(10-19(18)32-22(28)29)34(30,31)27-21-25-12-26-33-21/h3-5,9-10,12,15,24H,2,6-8,11H2,1H3,(H,25,26,27). The number of aryl methyl sites for hydroxylation is 1. The molecule has 0 aliphatic heterocycles. The summed E-state index contributed by atoms with van der Waals surface area (Å²) >= 11 is 0.820. The van der Waals surface area contributed by atoms with E-state index in [1.807, 2.05) is 12.1 Å². The second-order valence-corrected chi connectivity index (χ2v) is 10.5. The Morgan fingerprint density at radius 3 is 2.94 bits per heavy atom. The zero-order valence-electron chi connectivity index (χ0n) is 18.2. The van der Waals surface area contributed by atoms with Gasteiger partial charge in [0.25, 0.3) is 10.0 Å². The number of hydrogen-bond acceptors (Lipinski definition) is 8. The van der Waals surface area contributed by atoms with Crippen molar-refractivity contribution in [2.75, 3.05) is 11.3 Å². The fourth-order valence-electron chi connectivity index (χ4n) is 4.45. The van der Waals surface area contributed by atoms with Crippen LogP contribution in [-0.2, 0) is 29.4 Å². The van der Waals surface area contributed by atoms with Crippen molar-refractivity contribution in [1.82, 2.24) is 19.2 Å². The second kappa shape index (κ2) is 8.93. The number of nitrogens with one attached hydrogen (secondary N) is 2. The predicted octanol–water partition coefficient (Wildman–Crippen LogP) is 2.90. The molecule has 0 fully saturated rings. The molecule has 2 N–H and O–H groups in total. The number of nitrogens with zero attached hydrogens (tertiary/aromatic N) is 3. The maximum atomic E-state index is 15.0. The van der Waals surface area contributed by atoms with Crippen molar-refractivity contribution in [3.05, 3.63) is 69.7 Å². The first-order valence-electron chi connectivity index (χ1n) is 10.8. The highest BCUT2D eigenvalue weighted by Gasteiger charge is 2.25. The molecule has 1 unspecified atom stereocenters. The SMILES string of the molecule is CCNC1CCc2cccc(Cn3c(=O)oc4cc(S(=O)(=O)Nc5ncns5)c(F)cc43)c2C1. The molecule has 0 saturated carbocycles. The number of anilines is 1. The van der Waals surface area contributed by atoms with Crippen molar-refractivity contribution in [2.45, 2.75) is 43.7 Å². The molecular formula is C22H22FN5O4S2. The molecule has 34 heavy (non-hydrogen) atoms. The Hall–Kier alpha value is -3.09. The molecule has 1 aliphatic rings. The number of rotatable bonds is 7. The van der Waals surface area contributed by atoms with Gasteiger partial charge >= 0.3 is 5.76 Å². The molecule has 0 amide bonds. The first kappa shape index (κ1) is 22.7. The third-order valence-corrected chi connectivity index (χ3v) is 8.06. The molecule has 9 nitrogen and oxygen atoms in total. The van der Waals surface area contributed by atoms with Gasteiger partial charge in [0.1, 0.15) is 17.0 Å². The van der Waals surface area contributed by atoms with Crippen LogP contribution in [0.1, 0.15) is 30.0 Å². The predicted molar refractivity (Wildman–Crippen MR) is 126 cm³/mol. The smallest absolute Gasteiger partial charge is 0.408 e. The van der Waals surface area contributed by atoms with Crippen LogP contribution in [0.15, 0.2) is 50.8 Å². The molecule has 0 spiro atoms. The molecule has 12 heteroatoms. The Balaban J connectivity index is 1.51. The fraction of sp³-hybridized carbons (Fsp3) is 0.318. The van der Waals surface area contributed by atoms with Gasteiger partial charge in [0, 0.05) is 29.7 Å². The summed E-state index contributed by atoms with van der Waals surface area (Å²) < 4.78 is 52.8. The minimum atomic E-state index is -4.29. The van der Waals surface area contributed by atoms with Crippen LogP contribution in [0.2, 0.25) is 0 Å². The van der Waals surface area contributed by atoms with E-state index in [1.54, 1.807) is 0 Å². The highest BCUT2D eigenvalue weighted by molar-refractivity contribution is 7.93. The Bertz CT molecular complexity index is 1510. The van der Waals surface area contributed by atoms with Crippen molar-refractivity contribution in [1.29, 1.82) is 0 Å². The molecule has 2 aromatic carbocycles. The zero-order valence-corrected chi connectivity index (χ0v) is 19.9. The number of fused-ring (bicyclic) bond motifs is 2. The van der Waals surface area contributed by atoms with Gasteiger partial charge in [0.15, 0.2) is 5.58 Å². The third-order valence-electron chi connectivity index (χ3n) is 6.00. The number of benzene rings is 2. The van der Waals surface area contributed by atoms with Gasteiger partial charge in [-0.3, -0.25) is 9.29 Å². The third kappa shape index (κ3) is 4.24. The van der Waals surface area contributed by atoms with E-state index in [0.717, 1.165) is 55.0 Å². The normalized spacial score (nSPS) is 16.0. The lowest BCUT2D eigenvalue weighted by atomic mass is 9.85. The van der Waals surface area contributed by atoms with Crippen LogP contribution in [0.4, 0.5) is 9.52 Å². The van der Waals surface area contributed by atoms with Crippen molar-refractivity contribution in [2.24, 2.45) is 0 Å². The largest absolute Gasteiger partial charge is 0.420 e. The van der Waals surface area contributed by atoms with Crippen LogP contribution >= 0.6 is 11.5 Å². The Morgan fingerprint density at radius 2 is 2.18 bits per heavy atom. The molecule has 0 bridgehead atoms. The summed E-state index contributed by atoms with van der Waals surface area (Å²) in [6, 6.07) is 8.42. The summed E-state index contributed by atoms with van der Waals surface area (Å²) in [5.41, 5.74) is 3.56. The number of oxazole rings is 1. The summed E-state index contributed by atoms with van der Waals surface area (Å²) in [6.45, 7) is 3.15. The van der Waals surface area contributed by atoms with E-state index in [1.165, 1.54) is 22.0 Å². The lowest BCUT2D eigenvalue weighted by molar-refractivity contribution is 0.466. The van der Waals surface area contributed by atoms with Gasteiger partial charge in [0.05, 0.1) is 12.1 Å². The maximum Gasteiger partial charge on any atom is 0.420 e. The number of halogens is 1. The van der Waals surface area contributed by atoms with Gasteiger partial charge in [-0.1, -0.05) is 25.1 Å². The van der Waals surface area contributed by atoms with Crippen LogP contribution in [0.5, 0.6) is 0 Å². The highest BCUT2D eigenvalue weighted by atomic mass is 32.2. The molecule has 1 aliphatic carbocycles. The Morgan fingerprint density at radius 1 is 1.32 bits per heavy atom. The molecule has 0 saturated heterocycles. The Labute approximate surface area is 198 Å². The molecular weight excluding hydrogens is 481 g/mol. The van der Waals surface area contributed by atoms with E-state index in [4.69, 9.17) is 4.42 Å². The van der Waals surface area contributed by atoms with E-state index < -0.39 is 26.5 Å². The van der Waals surface area contributed by atoms with E-state index in [9.17, 15) is 17.6 Å². The van der Waals surface area contributed by atoms with Gasteiger partial charge < -0.3 is 9.73 Å². The van der Waals surface area contributed by atoms with Crippen LogP contribution < -0.4 is 15.8 Å². The summed E-state index contributed by atoms with van der Waals surface area (Å²) in [5.74, 6) is -1.68. The monoisotopic (exact) mass is 503 g/mol. The number of aromatic nitrogens is 3. The minimum Gasteiger partial charge on any atom is -0.408 e. The molecule has 5 rings (SSSR count). The minimum absolute atomic E-state index is 0.00300. The van der Waals surface area contributed by atoms with Crippen molar-refractivity contribution in [3.8, 4) is 0 Å². The molecule has 4 aromatic rings. The molecule has 1 atom stereocenters. The lowest BCUT2D eigenvalue weighted by Gasteiger charge is -2.27. The summed E-state index contributed by atoms with van der Waals surface area (Å²) in [7, 11) is -4.29. The Kier molecular flexibility index (Phi) is 5.96. The van der Waals surface area contributed by atoms with E-state index in [2.05, 4.69) is 32.4 Å². The van der Waals surface area contributed by atoms with Crippen LogP contribution in [-0.4, -0.2) is 34.9 Å². The van der Waals surface area contributed by atoms with Crippen LogP contribution in [0, 0.1) is 5.82 Å². The number of sulfonamides is 1. The average molecular weight is 504 g/mol. The van der Waals surface area contributed by atoms with Crippen molar-refractivity contribution in [3.63, 3.8) is 0 Å². The van der Waals surface area contributed by atoms with Crippen molar-refractivity contribution < 1.29 is 17.2 Å². The van der Waals surface area contributed by atoms with Crippen molar-refractivity contribution >= 4 is 37.8 Å². The highest BCUT2D eigenvalue weighted by Crippen LogP contribution is 2.28.